The van der Waals surface area contributed by atoms with Gasteiger partial charge in [0, 0.05) is 5.38 Å². The molecule has 68 valence electrons. The van der Waals surface area contributed by atoms with E-state index in [4.69, 9.17) is 0 Å². The number of nitrogens with zero attached hydrogens (tertiary/aromatic N) is 1. The van der Waals surface area contributed by atoms with Gasteiger partial charge in [-0.05, 0) is 14.0 Å². The molecule has 0 bridgehead atoms. The zero-order valence-electron chi connectivity index (χ0n) is 6.86. The molecule has 0 atom stereocenters. The maximum absolute atomic E-state index is 11.0. The van der Waals surface area contributed by atoms with Gasteiger partial charge in [-0.3, -0.25) is 0 Å². The number of nitrogens with one attached hydrogen (secondary N) is 1. The molecule has 1 N–H and O–H groups in total. The van der Waals surface area contributed by atoms with Crippen molar-refractivity contribution in [1.82, 2.24) is 9.71 Å². The second-order valence-corrected chi connectivity index (χ2v) is 5.31. The van der Waals surface area contributed by atoms with E-state index in [0.29, 0.717) is 5.69 Å². The third-order valence-corrected chi connectivity index (χ3v) is 3.44. The number of aromatic nitrogens is 1. The van der Waals surface area contributed by atoms with E-state index in [-0.39, 0.29) is 5.75 Å². The van der Waals surface area contributed by atoms with Crippen LogP contribution in [0.4, 0.5) is 0 Å². The van der Waals surface area contributed by atoms with Crippen LogP contribution in [0.25, 0.3) is 0 Å². The molecule has 0 unspecified atom stereocenters. The van der Waals surface area contributed by atoms with Gasteiger partial charge in [0.25, 0.3) is 0 Å². The van der Waals surface area contributed by atoms with E-state index in [2.05, 4.69) is 9.71 Å². The van der Waals surface area contributed by atoms with E-state index in [9.17, 15) is 8.42 Å². The van der Waals surface area contributed by atoms with Crippen LogP contribution in [-0.4, -0.2) is 20.4 Å². The van der Waals surface area contributed by atoms with Crippen molar-refractivity contribution in [2.24, 2.45) is 0 Å². The zero-order valence-corrected chi connectivity index (χ0v) is 8.50. The molecular formula is C6H10N2O2S2. The fraction of sp³-hybridized carbons (Fsp3) is 0.500. The molecule has 0 aromatic carbocycles. The molecule has 0 fully saturated rings. The minimum Gasteiger partial charge on any atom is -0.245 e. The first-order valence-electron chi connectivity index (χ1n) is 3.36. The number of thiazole rings is 1. The smallest absolute Gasteiger partial charge is 0.217 e. The Kier molecular flexibility index (Phi) is 2.81. The summed E-state index contributed by atoms with van der Waals surface area (Å²) in [5.74, 6) is -0.0339. The summed E-state index contributed by atoms with van der Waals surface area (Å²) >= 11 is 1.45. The standard InChI is InChI=1S/C6H10N2O2S2/c1-5-8-6(3-11-5)4-12(9,10)7-2/h3,7H,4H2,1-2H3. The molecule has 1 rings (SSSR count). The average molecular weight is 206 g/mol. The molecule has 0 saturated carbocycles. The van der Waals surface area contributed by atoms with Gasteiger partial charge in [-0.1, -0.05) is 0 Å². The number of rotatable bonds is 3. The number of hydrogen-bond acceptors (Lipinski definition) is 4. The summed E-state index contributed by atoms with van der Waals surface area (Å²) < 4.78 is 24.3. The largest absolute Gasteiger partial charge is 0.245 e. The van der Waals surface area contributed by atoms with Crippen LogP contribution in [0.15, 0.2) is 5.38 Å². The summed E-state index contributed by atoms with van der Waals surface area (Å²) in [4.78, 5) is 4.04. The Hall–Kier alpha value is -0.460. The summed E-state index contributed by atoms with van der Waals surface area (Å²) in [5, 5.41) is 2.64. The normalized spacial score (nSPS) is 11.8. The Morgan fingerprint density at radius 1 is 1.67 bits per heavy atom. The Labute approximate surface area is 75.7 Å². The van der Waals surface area contributed by atoms with Crippen molar-refractivity contribution in [2.75, 3.05) is 7.05 Å². The Morgan fingerprint density at radius 3 is 2.75 bits per heavy atom. The molecule has 4 nitrogen and oxygen atoms in total. The van der Waals surface area contributed by atoms with Crippen molar-refractivity contribution in [1.29, 1.82) is 0 Å². The van der Waals surface area contributed by atoms with Crippen LogP contribution in [0.5, 0.6) is 0 Å². The number of hydrogen-bond donors (Lipinski definition) is 1. The third-order valence-electron chi connectivity index (χ3n) is 1.32. The lowest BCUT2D eigenvalue weighted by molar-refractivity contribution is 0.587. The van der Waals surface area contributed by atoms with Crippen LogP contribution in [-0.2, 0) is 15.8 Å². The highest BCUT2D eigenvalue weighted by Gasteiger charge is 2.10. The summed E-state index contributed by atoms with van der Waals surface area (Å²) in [6.45, 7) is 1.85. The summed E-state index contributed by atoms with van der Waals surface area (Å²) in [5.41, 5.74) is 0.604. The first kappa shape index (κ1) is 9.63. The van der Waals surface area contributed by atoms with Crippen LogP contribution < -0.4 is 4.72 Å². The molecule has 0 aliphatic rings. The predicted octanol–water partition coefficient (Wildman–Crippen LogP) is 0.501. The van der Waals surface area contributed by atoms with Crippen molar-refractivity contribution in [3.8, 4) is 0 Å². The van der Waals surface area contributed by atoms with Gasteiger partial charge < -0.3 is 0 Å². The number of aryl methyl sites for hydroxylation is 1. The fourth-order valence-electron chi connectivity index (χ4n) is 0.741. The topological polar surface area (TPSA) is 59.1 Å². The quantitative estimate of drug-likeness (QED) is 0.783. The van der Waals surface area contributed by atoms with E-state index in [1.165, 1.54) is 18.4 Å². The summed E-state index contributed by atoms with van der Waals surface area (Å²) in [6.07, 6.45) is 0. The molecule has 0 amide bonds. The highest BCUT2D eigenvalue weighted by atomic mass is 32.2. The van der Waals surface area contributed by atoms with Gasteiger partial charge in [-0.2, -0.15) is 0 Å². The molecule has 1 aromatic heterocycles. The lowest BCUT2D eigenvalue weighted by atomic mass is 10.6. The SMILES string of the molecule is CNS(=O)(=O)Cc1csc(C)n1. The van der Waals surface area contributed by atoms with E-state index >= 15 is 0 Å². The van der Waals surface area contributed by atoms with E-state index < -0.39 is 10.0 Å². The highest BCUT2D eigenvalue weighted by Crippen LogP contribution is 2.09. The monoisotopic (exact) mass is 206 g/mol. The van der Waals surface area contributed by atoms with Crippen molar-refractivity contribution in [3.05, 3.63) is 16.1 Å². The molecule has 12 heavy (non-hydrogen) atoms. The van der Waals surface area contributed by atoms with Gasteiger partial charge in [0.15, 0.2) is 0 Å². The van der Waals surface area contributed by atoms with E-state index in [1.807, 2.05) is 6.92 Å². The number of sulfonamides is 1. The Morgan fingerprint density at radius 2 is 2.33 bits per heavy atom. The minimum atomic E-state index is -3.17. The predicted molar refractivity (Wildman–Crippen MR) is 48.5 cm³/mol. The molecule has 6 heteroatoms. The van der Waals surface area contributed by atoms with Gasteiger partial charge >= 0.3 is 0 Å². The molecule has 0 aliphatic heterocycles. The van der Waals surface area contributed by atoms with Crippen molar-refractivity contribution in [3.63, 3.8) is 0 Å². The van der Waals surface area contributed by atoms with E-state index in [0.717, 1.165) is 5.01 Å². The first-order chi connectivity index (χ1) is 5.53. The van der Waals surface area contributed by atoms with E-state index in [1.54, 1.807) is 5.38 Å². The maximum atomic E-state index is 11.0. The molecular weight excluding hydrogens is 196 g/mol. The Bertz CT molecular complexity index is 355. The fourth-order valence-corrected chi connectivity index (χ4v) is 2.14. The lowest BCUT2D eigenvalue weighted by Gasteiger charge is -1.97. The molecule has 1 heterocycles. The maximum Gasteiger partial charge on any atom is 0.217 e. The average Bonchev–Trinajstić information content (AvgIpc) is 2.35. The van der Waals surface area contributed by atoms with Gasteiger partial charge in [0.2, 0.25) is 10.0 Å². The molecule has 0 spiro atoms. The zero-order chi connectivity index (χ0) is 9.19. The van der Waals surface area contributed by atoms with Crippen LogP contribution in [0.2, 0.25) is 0 Å². The van der Waals surface area contributed by atoms with Gasteiger partial charge in [-0.25, -0.2) is 18.1 Å². The third kappa shape index (κ3) is 2.54. The van der Waals surface area contributed by atoms with Crippen LogP contribution in [0, 0.1) is 6.92 Å². The summed E-state index contributed by atoms with van der Waals surface area (Å²) in [6, 6.07) is 0. The van der Waals surface area contributed by atoms with Crippen molar-refractivity contribution in [2.45, 2.75) is 12.7 Å². The van der Waals surface area contributed by atoms with Crippen LogP contribution >= 0.6 is 11.3 Å². The van der Waals surface area contributed by atoms with Crippen molar-refractivity contribution >= 4 is 21.4 Å². The molecule has 1 aromatic rings. The molecule has 0 aliphatic carbocycles. The summed E-state index contributed by atoms with van der Waals surface area (Å²) in [7, 11) is -1.77. The molecule has 0 saturated heterocycles. The van der Waals surface area contributed by atoms with Gasteiger partial charge in [0.05, 0.1) is 10.7 Å². The lowest BCUT2D eigenvalue weighted by Crippen LogP contribution is -2.20. The van der Waals surface area contributed by atoms with Crippen molar-refractivity contribution < 1.29 is 8.42 Å². The highest BCUT2D eigenvalue weighted by molar-refractivity contribution is 7.88. The van der Waals surface area contributed by atoms with Gasteiger partial charge in [-0.15, -0.1) is 11.3 Å². The van der Waals surface area contributed by atoms with Gasteiger partial charge in [0.1, 0.15) is 5.75 Å². The second-order valence-electron chi connectivity index (χ2n) is 2.32. The Balaban J connectivity index is 2.77. The minimum absolute atomic E-state index is 0.0339. The first-order valence-corrected chi connectivity index (χ1v) is 5.89. The molecule has 0 radical (unpaired) electrons. The van der Waals surface area contributed by atoms with Crippen LogP contribution in [0.3, 0.4) is 0 Å². The second kappa shape index (κ2) is 3.51. The van der Waals surface area contributed by atoms with Crippen LogP contribution in [0.1, 0.15) is 10.7 Å².